The molecule has 0 aromatic rings. The van der Waals surface area contributed by atoms with E-state index in [4.69, 9.17) is 5.11 Å². The van der Waals surface area contributed by atoms with Gasteiger partial charge in [-0.3, -0.25) is 9.59 Å². The van der Waals surface area contributed by atoms with E-state index in [-0.39, 0.29) is 17.7 Å². The lowest BCUT2D eigenvalue weighted by atomic mass is 9.83. The molecule has 1 saturated heterocycles. The molecule has 1 aliphatic heterocycles. The molecule has 3 N–H and O–H groups in total. The second-order valence-corrected chi connectivity index (χ2v) is 6.54. The van der Waals surface area contributed by atoms with Crippen LogP contribution in [-0.4, -0.2) is 36.6 Å². The standard InChI is InChI=1S/C16H30N2O3/c1-4-16(8-10-17-11-16)15(21)18-9-7-13(12(2)3)5-6-14(19)20/h12-13,17H,4-11H2,1-3H3,(H,18,21)(H,19,20). The predicted octanol–water partition coefficient (Wildman–Crippen LogP) is 2.02. The fourth-order valence-corrected chi connectivity index (χ4v) is 3.08. The van der Waals surface area contributed by atoms with E-state index in [0.29, 0.717) is 24.8 Å². The maximum absolute atomic E-state index is 12.4. The van der Waals surface area contributed by atoms with E-state index < -0.39 is 5.97 Å². The van der Waals surface area contributed by atoms with Gasteiger partial charge >= 0.3 is 5.97 Å². The Kier molecular flexibility index (Phi) is 7.15. The van der Waals surface area contributed by atoms with E-state index in [9.17, 15) is 9.59 Å². The number of aliphatic carboxylic acids is 1. The topological polar surface area (TPSA) is 78.4 Å². The summed E-state index contributed by atoms with van der Waals surface area (Å²) in [4.78, 5) is 23.1. The average Bonchev–Trinajstić information content (AvgIpc) is 2.91. The normalized spacial score (nSPS) is 23.2. The molecular weight excluding hydrogens is 268 g/mol. The molecule has 0 bridgehead atoms. The quantitative estimate of drug-likeness (QED) is 0.608. The number of carboxylic acid groups (broad SMARTS) is 1. The van der Waals surface area contributed by atoms with Crippen LogP contribution in [0.3, 0.4) is 0 Å². The van der Waals surface area contributed by atoms with Gasteiger partial charge in [0, 0.05) is 19.5 Å². The Morgan fingerprint density at radius 2 is 2.05 bits per heavy atom. The molecule has 0 aliphatic carbocycles. The van der Waals surface area contributed by atoms with Crippen molar-refractivity contribution in [2.75, 3.05) is 19.6 Å². The summed E-state index contributed by atoms with van der Waals surface area (Å²) in [6, 6.07) is 0. The van der Waals surface area contributed by atoms with Gasteiger partial charge in [-0.25, -0.2) is 0 Å². The lowest BCUT2D eigenvalue weighted by Crippen LogP contribution is -2.42. The van der Waals surface area contributed by atoms with Crippen LogP contribution in [0.2, 0.25) is 0 Å². The highest BCUT2D eigenvalue weighted by Crippen LogP contribution is 2.29. The molecular formula is C16H30N2O3. The molecule has 1 heterocycles. The van der Waals surface area contributed by atoms with Gasteiger partial charge in [-0.2, -0.15) is 0 Å². The van der Waals surface area contributed by atoms with Crippen LogP contribution in [0.1, 0.15) is 52.9 Å². The van der Waals surface area contributed by atoms with Crippen molar-refractivity contribution in [2.24, 2.45) is 17.3 Å². The van der Waals surface area contributed by atoms with Crippen LogP contribution in [0.15, 0.2) is 0 Å². The number of carboxylic acids is 1. The number of rotatable bonds is 9. The SMILES string of the molecule is CCC1(C(=O)NCCC(CCC(=O)O)C(C)C)CCNC1. The summed E-state index contributed by atoms with van der Waals surface area (Å²) >= 11 is 0. The molecule has 5 heteroatoms. The minimum Gasteiger partial charge on any atom is -0.481 e. The third kappa shape index (κ3) is 5.30. The Morgan fingerprint density at radius 1 is 1.33 bits per heavy atom. The Labute approximate surface area is 127 Å². The molecule has 0 aromatic heterocycles. The van der Waals surface area contributed by atoms with E-state index in [1.807, 2.05) is 0 Å². The zero-order valence-corrected chi connectivity index (χ0v) is 13.6. The summed E-state index contributed by atoms with van der Waals surface area (Å²) in [6.07, 6.45) is 3.51. The second kappa shape index (κ2) is 8.37. The van der Waals surface area contributed by atoms with Crippen molar-refractivity contribution in [1.29, 1.82) is 0 Å². The molecule has 0 saturated carbocycles. The van der Waals surface area contributed by atoms with Crippen molar-refractivity contribution in [3.8, 4) is 0 Å². The summed E-state index contributed by atoms with van der Waals surface area (Å²) in [5, 5.41) is 15.1. The summed E-state index contributed by atoms with van der Waals surface area (Å²) < 4.78 is 0. The van der Waals surface area contributed by atoms with E-state index in [1.165, 1.54) is 0 Å². The highest BCUT2D eigenvalue weighted by molar-refractivity contribution is 5.83. The Hall–Kier alpha value is -1.10. The molecule has 5 nitrogen and oxygen atoms in total. The monoisotopic (exact) mass is 298 g/mol. The molecule has 0 spiro atoms. The van der Waals surface area contributed by atoms with Gasteiger partial charge < -0.3 is 15.7 Å². The lowest BCUT2D eigenvalue weighted by molar-refractivity contribution is -0.137. The van der Waals surface area contributed by atoms with Gasteiger partial charge in [-0.15, -0.1) is 0 Å². The van der Waals surface area contributed by atoms with Crippen LogP contribution in [0.25, 0.3) is 0 Å². The van der Waals surface area contributed by atoms with Crippen LogP contribution >= 0.6 is 0 Å². The zero-order valence-electron chi connectivity index (χ0n) is 13.6. The van der Waals surface area contributed by atoms with Crippen molar-refractivity contribution >= 4 is 11.9 Å². The van der Waals surface area contributed by atoms with E-state index in [0.717, 1.165) is 32.4 Å². The van der Waals surface area contributed by atoms with E-state index in [1.54, 1.807) is 0 Å². The second-order valence-electron chi connectivity index (χ2n) is 6.54. The third-order valence-corrected chi connectivity index (χ3v) is 4.87. The first-order chi connectivity index (χ1) is 9.91. The molecule has 1 fully saturated rings. The average molecular weight is 298 g/mol. The molecule has 1 amide bonds. The lowest BCUT2D eigenvalue weighted by Gasteiger charge is -2.26. The fourth-order valence-electron chi connectivity index (χ4n) is 3.08. The number of carbonyl (C=O) groups excluding carboxylic acids is 1. The van der Waals surface area contributed by atoms with Gasteiger partial charge in [0.15, 0.2) is 0 Å². The van der Waals surface area contributed by atoms with Gasteiger partial charge in [-0.1, -0.05) is 20.8 Å². The van der Waals surface area contributed by atoms with Gasteiger partial charge in [0.2, 0.25) is 5.91 Å². The highest BCUT2D eigenvalue weighted by atomic mass is 16.4. The van der Waals surface area contributed by atoms with E-state index in [2.05, 4.69) is 31.4 Å². The smallest absolute Gasteiger partial charge is 0.303 e. The number of nitrogens with one attached hydrogen (secondary N) is 2. The largest absolute Gasteiger partial charge is 0.481 e. The minimum atomic E-state index is -0.744. The summed E-state index contributed by atoms with van der Waals surface area (Å²) in [5.41, 5.74) is -0.242. The first-order valence-electron chi connectivity index (χ1n) is 8.12. The minimum absolute atomic E-state index is 0.149. The summed E-state index contributed by atoms with van der Waals surface area (Å²) in [7, 11) is 0. The van der Waals surface area contributed by atoms with Crippen molar-refractivity contribution in [2.45, 2.75) is 52.9 Å². The van der Waals surface area contributed by atoms with Crippen molar-refractivity contribution < 1.29 is 14.7 Å². The first kappa shape index (κ1) is 18.0. The molecule has 0 aromatic carbocycles. The molecule has 2 unspecified atom stereocenters. The van der Waals surface area contributed by atoms with Crippen molar-refractivity contribution in [1.82, 2.24) is 10.6 Å². The number of hydrogen-bond acceptors (Lipinski definition) is 3. The van der Waals surface area contributed by atoms with Gasteiger partial charge in [-0.05, 0) is 44.1 Å². The highest BCUT2D eigenvalue weighted by Gasteiger charge is 2.39. The van der Waals surface area contributed by atoms with Crippen LogP contribution in [0.4, 0.5) is 0 Å². The molecule has 1 rings (SSSR count). The summed E-state index contributed by atoms with van der Waals surface area (Å²) in [6.45, 7) is 8.61. The predicted molar refractivity (Wildman–Crippen MR) is 83.0 cm³/mol. The van der Waals surface area contributed by atoms with Gasteiger partial charge in [0.25, 0.3) is 0 Å². The molecule has 122 valence electrons. The molecule has 21 heavy (non-hydrogen) atoms. The Bertz CT molecular complexity index is 349. The van der Waals surface area contributed by atoms with Crippen LogP contribution in [0, 0.1) is 17.3 Å². The van der Waals surface area contributed by atoms with Crippen LogP contribution in [-0.2, 0) is 9.59 Å². The molecule has 0 radical (unpaired) electrons. The number of carbonyl (C=O) groups is 2. The van der Waals surface area contributed by atoms with Crippen LogP contribution < -0.4 is 10.6 Å². The van der Waals surface area contributed by atoms with Gasteiger partial charge in [0.1, 0.15) is 0 Å². The number of amides is 1. The maximum atomic E-state index is 12.4. The fraction of sp³-hybridized carbons (Fsp3) is 0.875. The van der Waals surface area contributed by atoms with Gasteiger partial charge in [0.05, 0.1) is 5.41 Å². The summed E-state index contributed by atoms with van der Waals surface area (Å²) in [5.74, 6) is 0.192. The Balaban J connectivity index is 2.39. The van der Waals surface area contributed by atoms with Crippen molar-refractivity contribution in [3.63, 3.8) is 0 Å². The molecule has 1 aliphatic rings. The maximum Gasteiger partial charge on any atom is 0.303 e. The van der Waals surface area contributed by atoms with Crippen molar-refractivity contribution in [3.05, 3.63) is 0 Å². The van der Waals surface area contributed by atoms with Crippen LogP contribution in [0.5, 0.6) is 0 Å². The Morgan fingerprint density at radius 3 is 2.52 bits per heavy atom. The zero-order chi connectivity index (χ0) is 15.9. The first-order valence-corrected chi connectivity index (χ1v) is 8.12. The molecule has 2 atom stereocenters. The number of hydrogen-bond donors (Lipinski definition) is 3. The van der Waals surface area contributed by atoms with E-state index >= 15 is 0 Å². The third-order valence-electron chi connectivity index (χ3n) is 4.87.